The molecule has 0 saturated carbocycles. The van der Waals surface area contributed by atoms with E-state index in [9.17, 15) is 4.79 Å². The van der Waals surface area contributed by atoms with Crippen LogP contribution >= 0.6 is 0 Å². The van der Waals surface area contributed by atoms with E-state index in [1.807, 2.05) is 6.07 Å². The first kappa shape index (κ1) is 7.82. The standard InChI is InChI=1S/C6H9N3O2/c7-3-5-4-9(6(10)11)2-1-8-5/h5,8H,1-2,4H2,(H,10,11). The van der Waals surface area contributed by atoms with Crippen LogP contribution in [0.15, 0.2) is 0 Å². The Balaban J connectivity index is 2.47. The summed E-state index contributed by atoms with van der Waals surface area (Å²) in [7, 11) is 0. The summed E-state index contributed by atoms with van der Waals surface area (Å²) in [6.07, 6.45) is -0.952. The highest BCUT2D eigenvalue weighted by Crippen LogP contribution is 1.97. The van der Waals surface area contributed by atoms with Gasteiger partial charge in [-0.25, -0.2) is 4.79 Å². The Labute approximate surface area is 64.2 Å². The van der Waals surface area contributed by atoms with Gasteiger partial charge in [0.1, 0.15) is 6.04 Å². The summed E-state index contributed by atoms with van der Waals surface area (Å²) >= 11 is 0. The zero-order valence-electron chi connectivity index (χ0n) is 5.95. The molecule has 2 N–H and O–H groups in total. The molecule has 1 amide bonds. The lowest BCUT2D eigenvalue weighted by Crippen LogP contribution is -2.51. The van der Waals surface area contributed by atoms with E-state index in [0.717, 1.165) is 0 Å². The second-order valence-electron chi connectivity index (χ2n) is 2.36. The summed E-state index contributed by atoms with van der Waals surface area (Å²) in [5.74, 6) is 0. The first-order valence-electron chi connectivity index (χ1n) is 3.35. The number of amides is 1. The molecule has 0 aliphatic carbocycles. The van der Waals surface area contributed by atoms with Crippen molar-refractivity contribution in [1.29, 1.82) is 5.26 Å². The number of carboxylic acid groups (broad SMARTS) is 1. The lowest BCUT2D eigenvalue weighted by molar-refractivity contribution is 0.134. The van der Waals surface area contributed by atoms with Gasteiger partial charge in [0.2, 0.25) is 0 Å². The van der Waals surface area contributed by atoms with Crippen LogP contribution in [0, 0.1) is 11.3 Å². The van der Waals surface area contributed by atoms with Crippen LogP contribution in [0.3, 0.4) is 0 Å². The molecule has 11 heavy (non-hydrogen) atoms. The second-order valence-corrected chi connectivity index (χ2v) is 2.36. The average molecular weight is 155 g/mol. The average Bonchev–Trinajstić information content (AvgIpc) is 2.05. The molecule has 1 aliphatic heterocycles. The topological polar surface area (TPSA) is 76.4 Å². The molecule has 0 aromatic rings. The molecule has 1 saturated heterocycles. The van der Waals surface area contributed by atoms with E-state index in [4.69, 9.17) is 10.4 Å². The highest BCUT2D eigenvalue weighted by molar-refractivity contribution is 5.65. The minimum atomic E-state index is -0.952. The molecule has 0 bridgehead atoms. The van der Waals surface area contributed by atoms with Crippen molar-refractivity contribution >= 4 is 6.09 Å². The van der Waals surface area contributed by atoms with E-state index in [1.54, 1.807) is 0 Å². The molecule has 0 spiro atoms. The predicted octanol–water partition coefficient (Wildman–Crippen LogP) is -0.538. The Morgan fingerprint density at radius 2 is 2.55 bits per heavy atom. The maximum Gasteiger partial charge on any atom is 0.407 e. The zero-order chi connectivity index (χ0) is 8.27. The van der Waals surface area contributed by atoms with Crippen molar-refractivity contribution in [2.24, 2.45) is 0 Å². The number of hydrogen-bond donors (Lipinski definition) is 2. The van der Waals surface area contributed by atoms with Gasteiger partial charge >= 0.3 is 6.09 Å². The van der Waals surface area contributed by atoms with Crippen LogP contribution in [0.2, 0.25) is 0 Å². The fourth-order valence-corrected chi connectivity index (χ4v) is 1.01. The largest absolute Gasteiger partial charge is 0.465 e. The minimum Gasteiger partial charge on any atom is -0.465 e. The summed E-state index contributed by atoms with van der Waals surface area (Å²) in [5.41, 5.74) is 0. The lowest BCUT2D eigenvalue weighted by Gasteiger charge is -2.27. The van der Waals surface area contributed by atoms with Crippen LogP contribution in [-0.2, 0) is 0 Å². The monoisotopic (exact) mass is 155 g/mol. The van der Waals surface area contributed by atoms with Crippen molar-refractivity contribution in [1.82, 2.24) is 10.2 Å². The van der Waals surface area contributed by atoms with Crippen LogP contribution < -0.4 is 5.32 Å². The molecule has 5 heteroatoms. The number of nitriles is 1. The third-order valence-corrected chi connectivity index (χ3v) is 1.60. The van der Waals surface area contributed by atoms with Gasteiger partial charge in [0, 0.05) is 13.1 Å². The van der Waals surface area contributed by atoms with E-state index in [1.165, 1.54) is 4.90 Å². The Morgan fingerprint density at radius 3 is 3.09 bits per heavy atom. The molecule has 0 aromatic carbocycles. The first-order chi connectivity index (χ1) is 5.24. The molecule has 1 heterocycles. The maximum absolute atomic E-state index is 10.4. The molecule has 0 aromatic heterocycles. The van der Waals surface area contributed by atoms with Crippen molar-refractivity contribution < 1.29 is 9.90 Å². The summed E-state index contributed by atoms with van der Waals surface area (Å²) in [4.78, 5) is 11.6. The van der Waals surface area contributed by atoms with Gasteiger partial charge in [-0.15, -0.1) is 0 Å². The summed E-state index contributed by atoms with van der Waals surface area (Å²) in [6, 6.07) is 1.63. The fraction of sp³-hybridized carbons (Fsp3) is 0.667. The second kappa shape index (κ2) is 3.21. The number of carbonyl (C=O) groups is 1. The van der Waals surface area contributed by atoms with Crippen molar-refractivity contribution in [3.05, 3.63) is 0 Å². The number of piperazine rings is 1. The Hall–Kier alpha value is -1.28. The van der Waals surface area contributed by atoms with Gasteiger partial charge in [-0.1, -0.05) is 0 Å². The first-order valence-corrected chi connectivity index (χ1v) is 3.35. The molecule has 5 nitrogen and oxygen atoms in total. The van der Waals surface area contributed by atoms with E-state index in [2.05, 4.69) is 5.32 Å². The van der Waals surface area contributed by atoms with Crippen LogP contribution in [0.1, 0.15) is 0 Å². The third-order valence-electron chi connectivity index (χ3n) is 1.60. The molecule has 1 atom stereocenters. The maximum atomic E-state index is 10.4. The van der Waals surface area contributed by atoms with Gasteiger partial charge in [-0.2, -0.15) is 5.26 Å². The molecule has 1 fully saturated rings. The normalized spacial score (nSPS) is 24.3. The number of hydrogen-bond acceptors (Lipinski definition) is 3. The van der Waals surface area contributed by atoms with E-state index < -0.39 is 6.09 Å². The number of rotatable bonds is 0. The summed E-state index contributed by atoms with van der Waals surface area (Å²) in [6.45, 7) is 1.30. The Morgan fingerprint density at radius 1 is 1.82 bits per heavy atom. The molecular formula is C6H9N3O2. The van der Waals surface area contributed by atoms with E-state index >= 15 is 0 Å². The molecule has 1 aliphatic rings. The van der Waals surface area contributed by atoms with Crippen molar-refractivity contribution in [3.8, 4) is 6.07 Å². The Kier molecular flexibility index (Phi) is 2.28. The third kappa shape index (κ3) is 1.82. The van der Waals surface area contributed by atoms with Crippen molar-refractivity contribution in [3.63, 3.8) is 0 Å². The van der Waals surface area contributed by atoms with Gasteiger partial charge in [0.05, 0.1) is 12.6 Å². The fourth-order valence-electron chi connectivity index (χ4n) is 1.01. The quantitative estimate of drug-likeness (QED) is 0.492. The van der Waals surface area contributed by atoms with Gasteiger partial charge in [-0.3, -0.25) is 5.32 Å². The van der Waals surface area contributed by atoms with Gasteiger partial charge in [-0.05, 0) is 0 Å². The van der Waals surface area contributed by atoms with Crippen LogP contribution in [0.4, 0.5) is 4.79 Å². The van der Waals surface area contributed by atoms with Crippen molar-refractivity contribution in [2.75, 3.05) is 19.6 Å². The highest BCUT2D eigenvalue weighted by Gasteiger charge is 2.21. The van der Waals surface area contributed by atoms with E-state index in [0.29, 0.717) is 13.1 Å². The Bertz CT molecular complexity index is 198. The molecule has 60 valence electrons. The number of nitrogens with zero attached hydrogens (tertiary/aromatic N) is 2. The smallest absolute Gasteiger partial charge is 0.407 e. The van der Waals surface area contributed by atoms with Gasteiger partial charge in [0.15, 0.2) is 0 Å². The SMILES string of the molecule is N#CC1CN(C(=O)O)CCN1. The van der Waals surface area contributed by atoms with Crippen molar-refractivity contribution in [2.45, 2.75) is 6.04 Å². The summed E-state index contributed by atoms with van der Waals surface area (Å²) in [5, 5.41) is 19.9. The highest BCUT2D eigenvalue weighted by atomic mass is 16.4. The zero-order valence-corrected chi connectivity index (χ0v) is 5.95. The number of nitrogens with one attached hydrogen (secondary N) is 1. The van der Waals surface area contributed by atoms with Crippen LogP contribution in [0.5, 0.6) is 0 Å². The molecule has 1 unspecified atom stereocenters. The van der Waals surface area contributed by atoms with Gasteiger partial charge < -0.3 is 10.0 Å². The summed E-state index contributed by atoms with van der Waals surface area (Å²) < 4.78 is 0. The molecule has 0 radical (unpaired) electrons. The molecular weight excluding hydrogens is 146 g/mol. The lowest BCUT2D eigenvalue weighted by atomic mass is 10.2. The van der Waals surface area contributed by atoms with Crippen LogP contribution in [-0.4, -0.2) is 41.8 Å². The predicted molar refractivity (Wildman–Crippen MR) is 37.0 cm³/mol. The minimum absolute atomic E-state index is 0.270. The van der Waals surface area contributed by atoms with Gasteiger partial charge in [0.25, 0.3) is 0 Å². The van der Waals surface area contributed by atoms with Crippen LogP contribution in [0.25, 0.3) is 0 Å². The van der Waals surface area contributed by atoms with E-state index in [-0.39, 0.29) is 12.6 Å². The molecule has 1 rings (SSSR count).